The van der Waals surface area contributed by atoms with Gasteiger partial charge in [-0.2, -0.15) is 0 Å². The maximum absolute atomic E-state index is 12.2. The third kappa shape index (κ3) is 3.56. The molecule has 0 aliphatic carbocycles. The number of ketones is 1. The van der Waals surface area contributed by atoms with Crippen LogP contribution in [0.15, 0.2) is 0 Å². The SMILES string of the molecule is CN1CCC(CCCC(=O)N2CC(=O)CC2(C)C)C1. The molecule has 0 aromatic heterocycles. The average Bonchev–Trinajstić information content (AvgIpc) is 2.81. The van der Waals surface area contributed by atoms with E-state index in [4.69, 9.17) is 0 Å². The third-order valence-corrected chi connectivity index (χ3v) is 4.49. The first-order chi connectivity index (χ1) is 8.88. The molecule has 4 heteroatoms. The van der Waals surface area contributed by atoms with Crippen LogP contribution < -0.4 is 0 Å². The largest absolute Gasteiger partial charge is 0.330 e. The summed E-state index contributed by atoms with van der Waals surface area (Å²) in [6, 6.07) is 0. The van der Waals surface area contributed by atoms with E-state index in [1.165, 1.54) is 19.5 Å². The molecule has 0 spiro atoms. The molecule has 0 N–H and O–H groups in total. The van der Waals surface area contributed by atoms with Gasteiger partial charge < -0.3 is 9.80 Å². The van der Waals surface area contributed by atoms with Gasteiger partial charge in [0, 0.05) is 24.9 Å². The molecule has 2 saturated heterocycles. The van der Waals surface area contributed by atoms with Gasteiger partial charge in [-0.05, 0) is 52.6 Å². The van der Waals surface area contributed by atoms with E-state index in [9.17, 15) is 9.59 Å². The number of hydrogen-bond donors (Lipinski definition) is 0. The maximum Gasteiger partial charge on any atom is 0.223 e. The van der Waals surface area contributed by atoms with Crippen LogP contribution in [0.2, 0.25) is 0 Å². The van der Waals surface area contributed by atoms with Gasteiger partial charge in [0.25, 0.3) is 0 Å². The molecule has 0 saturated carbocycles. The van der Waals surface area contributed by atoms with E-state index in [2.05, 4.69) is 11.9 Å². The van der Waals surface area contributed by atoms with Crippen molar-refractivity contribution in [1.82, 2.24) is 9.80 Å². The van der Waals surface area contributed by atoms with Gasteiger partial charge in [-0.15, -0.1) is 0 Å². The van der Waals surface area contributed by atoms with Gasteiger partial charge in [0.1, 0.15) is 0 Å². The third-order valence-electron chi connectivity index (χ3n) is 4.49. The Labute approximate surface area is 116 Å². The van der Waals surface area contributed by atoms with Crippen LogP contribution in [0.25, 0.3) is 0 Å². The minimum Gasteiger partial charge on any atom is -0.330 e. The second-order valence-electron chi connectivity index (χ2n) is 6.82. The normalized spacial score (nSPS) is 27.2. The summed E-state index contributed by atoms with van der Waals surface area (Å²) in [5.74, 6) is 1.10. The minimum absolute atomic E-state index is 0.155. The van der Waals surface area contributed by atoms with Gasteiger partial charge >= 0.3 is 0 Å². The number of Topliss-reactive ketones (excluding diaryl/α,β-unsaturated/α-hetero) is 1. The van der Waals surface area contributed by atoms with E-state index in [0.717, 1.165) is 18.8 Å². The van der Waals surface area contributed by atoms with Crippen molar-refractivity contribution < 1.29 is 9.59 Å². The number of hydrogen-bond acceptors (Lipinski definition) is 3. The van der Waals surface area contributed by atoms with Crippen LogP contribution in [0, 0.1) is 5.92 Å². The van der Waals surface area contributed by atoms with Gasteiger partial charge in [-0.3, -0.25) is 9.59 Å². The maximum atomic E-state index is 12.2. The molecule has 0 aromatic rings. The lowest BCUT2D eigenvalue weighted by Gasteiger charge is -2.30. The quantitative estimate of drug-likeness (QED) is 0.777. The van der Waals surface area contributed by atoms with Crippen LogP contribution in [0.3, 0.4) is 0 Å². The van der Waals surface area contributed by atoms with Crippen LogP contribution >= 0.6 is 0 Å². The lowest BCUT2D eigenvalue weighted by molar-refractivity contribution is -0.135. The monoisotopic (exact) mass is 266 g/mol. The van der Waals surface area contributed by atoms with Crippen LogP contribution in [-0.2, 0) is 9.59 Å². The highest BCUT2D eigenvalue weighted by Crippen LogP contribution is 2.27. The van der Waals surface area contributed by atoms with Crippen molar-refractivity contribution in [3.8, 4) is 0 Å². The number of carbonyl (C=O) groups excluding carboxylic acids is 2. The first-order valence-corrected chi connectivity index (χ1v) is 7.39. The summed E-state index contributed by atoms with van der Waals surface area (Å²) in [6.45, 7) is 6.65. The topological polar surface area (TPSA) is 40.6 Å². The predicted octanol–water partition coefficient (Wildman–Crippen LogP) is 1.69. The summed E-state index contributed by atoms with van der Waals surface area (Å²) in [5.41, 5.74) is -0.276. The zero-order chi connectivity index (χ0) is 14.0. The number of nitrogens with zero attached hydrogens (tertiary/aromatic N) is 2. The van der Waals surface area contributed by atoms with E-state index in [1.54, 1.807) is 4.90 Å². The molecule has 1 atom stereocenters. The molecule has 2 fully saturated rings. The van der Waals surface area contributed by atoms with Crippen LogP contribution in [0.5, 0.6) is 0 Å². The van der Waals surface area contributed by atoms with Crippen molar-refractivity contribution in [3.05, 3.63) is 0 Å². The zero-order valence-corrected chi connectivity index (χ0v) is 12.4. The first-order valence-electron chi connectivity index (χ1n) is 7.39. The van der Waals surface area contributed by atoms with E-state index in [-0.39, 0.29) is 17.2 Å². The Morgan fingerprint density at radius 2 is 2.16 bits per heavy atom. The predicted molar refractivity (Wildman–Crippen MR) is 74.9 cm³/mol. The van der Waals surface area contributed by atoms with Crippen molar-refractivity contribution in [1.29, 1.82) is 0 Å². The van der Waals surface area contributed by atoms with Crippen molar-refractivity contribution in [3.63, 3.8) is 0 Å². The summed E-state index contributed by atoms with van der Waals surface area (Å²) < 4.78 is 0. The minimum atomic E-state index is -0.276. The Morgan fingerprint density at radius 3 is 2.68 bits per heavy atom. The highest BCUT2D eigenvalue weighted by molar-refractivity contribution is 5.91. The highest BCUT2D eigenvalue weighted by Gasteiger charge is 2.39. The average molecular weight is 266 g/mol. The number of carbonyl (C=O) groups is 2. The Balaban J connectivity index is 1.74. The molecule has 2 aliphatic heterocycles. The molecule has 1 unspecified atom stereocenters. The lowest BCUT2D eigenvalue weighted by Crippen LogP contribution is -2.42. The van der Waals surface area contributed by atoms with Crippen molar-refractivity contribution >= 4 is 11.7 Å². The van der Waals surface area contributed by atoms with E-state index < -0.39 is 0 Å². The molecule has 0 radical (unpaired) electrons. The zero-order valence-electron chi connectivity index (χ0n) is 12.4. The molecule has 108 valence electrons. The van der Waals surface area contributed by atoms with Crippen LogP contribution in [0.4, 0.5) is 0 Å². The second-order valence-corrected chi connectivity index (χ2v) is 6.82. The molecule has 2 heterocycles. The summed E-state index contributed by atoms with van der Waals surface area (Å²) in [5, 5.41) is 0. The molecule has 0 bridgehead atoms. The molecule has 2 rings (SSSR count). The fourth-order valence-corrected chi connectivity index (χ4v) is 3.39. The molecule has 4 nitrogen and oxygen atoms in total. The smallest absolute Gasteiger partial charge is 0.223 e. The summed E-state index contributed by atoms with van der Waals surface area (Å²) in [6.07, 6.45) is 4.46. The van der Waals surface area contributed by atoms with Crippen molar-refractivity contribution in [2.45, 2.75) is 51.5 Å². The Bertz CT molecular complexity index is 365. The van der Waals surface area contributed by atoms with E-state index in [1.807, 2.05) is 13.8 Å². The molecular formula is C15H26N2O2. The number of rotatable bonds is 4. The number of likely N-dealkylation sites (tertiary alicyclic amines) is 2. The Kier molecular flexibility index (Phi) is 4.29. The Hall–Kier alpha value is -0.900. The van der Waals surface area contributed by atoms with E-state index in [0.29, 0.717) is 19.4 Å². The standard InChI is InChI=1S/C15H26N2O2/c1-15(2)9-13(18)11-17(15)14(19)6-4-5-12-7-8-16(3)10-12/h12H,4-11H2,1-3H3. The summed E-state index contributed by atoms with van der Waals surface area (Å²) in [4.78, 5) is 27.8. The molecule has 19 heavy (non-hydrogen) atoms. The van der Waals surface area contributed by atoms with E-state index >= 15 is 0 Å². The van der Waals surface area contributed by atoms with Crippen molar-refractivity contribution in [2.75, 3.05) is 26.7 Å². The van der Waals surface area contributed by atoms with Gasteiger partial charge in [0.15, 0.2) is 5.78 Å². The van der Waals surface area contributed by atoms with Gasteiger partial charge in [0.05, 0.1) is 6.54 Å². The van der Waals surface area contributed by atoms with Crippen molar-refractivity contribution in [2.24, 2.45) is 5.92 Å². The number of amides is 1. The fraction of sp³-hybridized carbons (Fsp3) is 0.867. The fourth-order valence-electron chi connectivity index (χ4n) is 3.39. The molecule has 1 amide bonds. The second kappa shape index (κ2) is 5.61. The van der Waals surface area contributed by atoms with Gasteiger partial charge in [-0.25, -0.2) is 0 Å². The summed E-state index contributed by atoms with van der Waals surface area (Å²) >= 11 is 0. The summed E-state index contributed by atoms with van der Waals surface area (Å²) in [7, 11) is 2.16. The van der Waals surface area contributed by atoms with Crippen LogP contribution in [0.1, 0.15) is 46.0 Å². The van der Waals surface area contributed by atoms with Gasteiger partial charge in [-0.1, -0.05) is 0 Å². The highest BCUT2D eigenvalue weighted by atomic mass is 16.2. The lowest BCUT2D eigenvalue weighted by atomic mass is 9.99. The Morgan fingerprint density at radius 1 is 1.42 bits per heavy atom. The molecule has 0 aromatic carbocycles. The van der Waals surface area contributed by atoms with Crippen LogP contribution in [-0.4, -0.2) is 53.7 Å². The molecule has 2 aliphatic rings. The van der Waals surface area contributed by atoms with Gasteiger partial charge in [0.2, 0.25) is 5.91 Å². The molecular weight excluding hydrogens is 240 g/mol. The first kappa shape index (κ1) is 14.5.